The van der Waals surface area contributed by atoms with Crippen LogP contribution in [0, 0.1) is 22.0 Å². The first kappa shape index (κ1) is 13.0. The summed E-state index contributed by atoms with van der Waals surface area (Å²) in [5.41, 5.74) is 1.41. The molecule has 0 amide bonds. The van der Waals surface area contributed by atoms with E-state index in [9.17, 15) is 10.1 Å². The summed E-state index contributed by atoms with van der Waals surface area (Å²) in [5.74, 6) is 1.97. The van der Waals surface area contributed by atoms with Gasteiger partial charge in [-0.25, -0.2) is 0 Å². The molecule has 1 aliphatic carbocycles. The lowest BCUT2D eigenvalue weighted by atomic mass is 10.1. The maximum absolute atomic E-state index is 10.6. The second-order valence-corrected chi connectivity index (χ2v) is 5.50. The minimum Gasteiger partial charge on any atom is -0.316 e. The molecule has 0 radical (unpaired) electrons. The van der Waals surface area contributed by atoms with E-state index in [1.54, 1.807) is 12.1 Å². The van der Waals surface area contributed by atoms with Crippen molar-refractivity contribution in [2.45, 2.75) is 26.2 Å². The third-order valence-electron chi connectivity index (χ3n) is 3.41. The van der Waals surface area contributed by atoms with E-state index in [0.717, 1.165) is 13.1 Å². The fourth-order valence-electron chi connectivity index (χ4n) is 2.28. The summed E-state index contributed by atoms with van der Waals surface area (Å²) >= 11 is 0. The van der Waals surface area contributed by atoms with Gasteiger partial charge in [0.1, 0.15) is 0 Å². The third-order valence-corrected chi connectivity index (χ3v) is 3.41. The second kappa shape index (κ2) is 5.48. The predicted molar refractivity (Wildman–Crippen MR) is 71.7 cm³/mol. The number of benzene rings is 1. The number of hydrogen-bond donors (Lipinski definition) is 1. The van der Waals surface area contributed by atoms with Crippen molar-refractivity contribution in [2.75, 3.05) is 13.1 Å². The van der Waals surface area contributed by atoms with Crippen molar-refractivity contribution in [1.29, 1.82) is 0 Å². The molecule has 1 fully saturated rings. The highest BCUT2D eigenvalue weighted by molar-refractivity contribution is 5.36. The Morgan fingerprint density at radius 3 is 2.61 bits per heavy atom. The van der Waals surface area contributed by atoms with Crippen molar-refractivity contribution >= 4 is 5.69 Å². The van der Waals surface area contributed by atoms with Gasteiger partial charge in [-0.15, -0.1) is 0 Å². The molecule has 2 atom stereocenters. The van der Waals surface area contributed by atoms with Gasteiger partial charge >= 0.3 is 0 Å². The first-order chi connectivity index (χ1) is 8.58. The van der Waals surface area contributed by atoms with Crippen LogP contribution in [0.5, 0.6) is 0 Å². The standard InChI is InChI=1S/C14H20N2O2/c1-10(2)8-15-9-12-7-14(12)11-3-5-13(6-4-11)16(17)18/h3-6,10,12,14-15H,7-9H2,1-2H3. The Morgan fingerprint density at radius 1 is 1.39 bits per heavy atom. The van der Waals surface area contributed by atoms with Crippen LogP contribution >= 0.6 is 0 Å². The highest BCUT2D eigenvalue weighted by Gasteiger charge is 2.37. The van der Waals surface area contributed by atoms with Gasteiger partial charge in [0.05, 0.1) is 4.92 Å². The lowest BCUT2D eigenvalue weighted by molar-refractivity contribution is -0.384. The minimum absolute atomic E-state index is 0.175. The zero-order valence-corrected chi connectivity index (χ0v) is 10.9. The molecule has 1 saturated carbocycles. The molecule has 4 nitrogen and oxygen atoms in total. The first-order valence-electron chi connectivity index (χ1n) is 6.53. The van der Waals surface area contributed by atoms with Gasteiger partial charge in [0.25, 0.3) is 5.69 Å². The number of nitro benzene ring substituents is 1. The molecular formula is C14H20N2O2. The van der Waals surface area contributed by atoms with E-state index in [-0.39, 0.29) is 10.6 Å². The topological polar surface area (TPSA) is 55.2 Å². The Morgan fingerprint density at radius 2 is 2.06 bits per heavy atom. The van der Waals surface area contributed by atoms with Crippen LogP contribution < -0.4 is 5.32 Å². The molecule has 1 aromatic rings. The fourth-order valence-corrected chi connectivity index (χ4v) is 2.28. The number of nitrogens with one attached hydrogen (secondary N) is 1. The van der Waals surface area contributed by atoms with Crippen molar-refractivity contribution in [3.63, 3.8) is 0 Å². The van der Waals surface area contributed by atoms with Crippen LogP contribution in [-0.4, -0.2) is 18.0 Å². The maximum Gasteiger partial charge on any atom is 0.269 e. The number of non-ortho nitro benzene ring substituents is 1. The van der Waals surface area contributed by atoms with Gasteiger partial charge in [-0.1, -0.05) is 26.0 Å². The van der Waals surface area contributed by atoms with Gasteiger partial charge in [0.2, 0.25) is 0 Å². The Labute approximate surface area is 108 Å². The summed E-state index contributed by atoms with van der Waals surface area (Å²) in [7, 11) is 0. The van der Waals surface area contributed by atoms with E-state index in [4.69, 9.17) is 0 Å². The number of nitro groups is 1. The molecule has 0 aromatic heterocycles. The van der Waals surface area contributed by atoms with E-state index < -0.39 is 0 Å². The van der Waals surface area contributed by atoms with Crippen molar-refractivity contribution in [3.8, 4) is 0 Å². The molecule has 1 aliphatic rings. The summed E-state index contributed by atoms with van der Waals surface area (Å²) in [4.78, 5) is 10.2. The Balaban J connectivity index is 1.82. The van der Waals surface area contributed by atoms with Crippen molar-refractivity contribution in [1.82, 2.24) is 5.32 Å². The average molecular weight is 248 g/mol. The molecule has 2 unspecified atom stereocenters. The van der Waals surface area contributed by atoms with Gasteiger partial charge in [0, 0.05) is 12.1 Å². The zero-order chi connectivity index (χ0) is 13.1. The smallest absolute Gasteiger partial charge is 0.269 e. The molecule has 0 heterocycles. The summed E-state index contributed by atoms with van der Waals surface area (Å²) < 4.78 is 0. The molecule has 98 valence electrons. The van der Waals surface area contributed by atoms with E-state index in [1.807, 2.05) is 12.1 Å². The molecule has 0 aliphatic heterocycles. The van der Waals surface area contributed by atoms with E-state index >= 15 is 0 Å². The lowest BCUT2D eigenvalue weighted by Gasteiger charge is -2.06. The number of hydrogen-bond acceptors (Lipinski definition) is 3. The molecule has 0 bridgehead atoms. The van der Waals surface area contributed by atoms with Crippen LogP contribution in [0.1, 0.15) is 31.7 Å². The lowest BCUT2D eigenvalue weighted by Crippen LogP contribution is -2.22. The van der Waals surface area contributed by atoms with Crippen LogP contribution in [-0.2, 0) is 0 Å². The molecule has 1 aromatic carbocycles. The van der Waals surface area contributed by atoms with Crippen LogP contribution in [0.25, 0.3) is 0 Å². The van der Waals surface area contributed by atoms with Crippen LogP contribution in [0.4, 0.5) is 5.69 Å². The molecule has 2 rings (SSSR count). The maximum atomic E-state index is 10.6. The van der Waals surface area contributed by atoms with Gasteiger partial charge in [-0.2, -0.15) is 0 Å². The van der Waals surface area contributed by atoms with Crippen LogP contribution in [0.15, 0.2) is 24.3 Å². The van der Waals surface area contributed by atoms with Crippen molar-refractivity contribution in [2.24, 2.45) is 11.8 Å². The third kappa shape index (κ3) is 3.29. The van der Waals surface area contributed by atoms with Crippen molar-refractivity contribution in [3.05, 3.63) is 39.9 Å². The monoisotopic (exact) mass is 248 g/mol. The molecule has 1 N–H and O–H groups in total. The van der Waals surface area contributed by atoms with Crippen LogP contribution in [0.2, 0.25) is 0 Å². The molecule has 0 spiro atoms. The molecule has 0 saturated heterocycles. The molecular weight excluding hydrogens is 228 g/mol. The first-order valence-corrected chi connectivity index (χ1v) is 6.53. The van der Waals surface area contributed by atoms with Gasteiger partial charge < -0.3 is 5.32 Å². The summed E-state index contributed by atoms with van der Waals surface area (Å²) in [6, 6.07) is 7.00. The largest absolute Gasteiger partial charge is 0.316 e. The van der Waals surface area contributed by atoms with E-state index in [1.165, 1.54) is 12.0 Å². The zero-order valence-electron chi connectivity index (χ0n) is 10.9. The number of rotatable bonds is 6. The van der Waals surface area contributed by atoms with Crippen molar-refractivity contribution < 1.29 is 4.92 Å². The van der Waals surface area contributed by atoms with Gasteiger partial charge in [-0.05, 0) is 42.8 Å². The Hall–Kier alpha value is -1.42. The Kier molecular flexibility index (Phi) is 3.97. The highest BCUT2D eigenvalue weighted by atomic mass is 16.6. The average Bonchev–Trinajstić information content (AvgIpc) is 3.08. The van der Waals surface area contributed by atoms with Crippen LogP contribution in [0.3, 0.4) is 0 Å². The van der Waals surface area contributed by atoms with Gasteiger partial charge in [-0.3, -0.25) is 10.1 Å². The Bertz CT molecular complexity index is 414. The highest BCUT2D eigenvalue weighted by Crippen LogP contribution is 2.47. The second-order valence-electron chi connectivity index (χ2n) is 5.50. The fraction of sp³-hybridized carbons (Fsp3) is 0.571. The predicted octanol–water partition coefficient (Wildman–Crippen LogP) is 2.94. The summed E-state index contributed by atoms with van der Waals surface area (Å²) in [6.45, 7) is 6.52. The molecule has 4 heteroatoms. The van der Waals surface area contributed by atoms with Gasteiger partial charge in [0.15, 0.2) is 0 Å². The normalized spacial score (nSPS) is 22.2. The van der Waals surface area contributed by atoms with E-state index in [2.05, 4.69) is 19.2 Å². The minimum atomic E-state index is -0.349. The summed E-state index contributed by atoms with van der Waals surface area (Å²) in [5, 5.41) is 14.0. The number of nitrogens with zero attached hydrogens (tertiary/aromatic N) is 1. The summed E-state index contributed by atoms with van der Waals surface area (Å²) in [6.07, 6.45) is 1.20. The SMILES string of the molecule is CC(C)CNCC1CC1c1ccc([N+](=O)[O-])cc1. The quantitative estimate of drug-likeness (QED) is 0.622. The van der Waals surface area contributed by atoms with E-state index in [0.29, 0.717) is 17.8 Å². The molecule has 18 heavy (non-hydrogen) atoms.